The summed E-state index contributed by atoms with van der Waals surface area (Å²) >= 11 is 13.2. The molecule has 0 bridgehead atoms. The first-order valence-electron chi connectivity index (χ1n) is 4.66. The number of halogens is 2. The molecule has 0 unspecified atom stereocenters. The van der Waals surface area contributed by atoms with Crippen molar-refractivity contribution in [2.45, 2.75) is 4.90 Å². The predicted molar refractivity (Wildman–Crippen MR) is 71.4 cm³/mol. The highest BCUT2D eigenvalue weighted by Crippen LogP contribution is 2.24. The van der Waals surface area contributed by atoms with Gasteiger partial charge in [-0.05, 0) is 36.1 Å². The van der Waals surface area contributed by atoms with Crippen molar-refractivity contribution in [2.24, 2.45) is 0 Å². The Labute approximate surface area is 113 Å². The van der Waals surface area contributed by atoms with Crippen LogP contribution in [0, 0.1) is 0 Å². The number of aromatic nitrogens is 3. The summed E-state index contributed by atoms with van der Waals surface area (Å²) in [6.07, 6.45) is 2.01. The average Bonchev–Trinajstić information content (AvgIpc) is 2.34. The molecule has 0 amide bonds. The number of hydrogen-bond donors (Lipinski definition) is 1. The normalized spacial score (nSPS) is 10.3. The number of rotatable bonds is 3. The Kier molecular flexibility index (Phi) is 4.04. The summed E-state index contributed by atoms with van der Waals surface area (Å²) in [4.78, 5) is 5.10. The molecule has 17 heavy (non-hydrogen) atoms. The number of nitrogens with zero attached hydrogens (tertiary/aromatic N) is 3. The third-order valence-corrected chi connectivity index (χ3v) is 3.09. The van der Waals surface area contributed by atoms with Gasteiger partial charge in [-0.1, -0.05) is 17.7 Å². The highest BCUT2D eigenvalue weighted by Gasteiger charge is 2.06. The van der Waals surface area contributed by atoms with E-state index in [0.29, 0.717) is 5.82 Å². The largest absolute Gasteiger partial charge is 0.337 e. The van der Waals surface area contributed by atoms with Crippen molar-refractivity contribution < 1.29 is 0 Å². The van der Waals surface area contributed by atoms with Crippen LogP contribution in [-0.4, -0.2) is 21.4 Å². The highest BCUT2D eigenvalue weighted by atomic mass is 35.5. The lowest BCUT2D eigenvalue weighted by atomic mass is 10.3. The van der Waals surface area contributed by atoms with Gasteiger partial charge in [0.1, 0.15) is 0 Å². The van der Waals surface area contributed by atoms with Gasteiger partial charge in [0.15, 0.2) is 11.0 Å². The zero-order chi connectivity index (χ0) is 12.3. The molecule has 0 aliphatic carbocycles. The Morgan fingerprint density at radius 2 is 2.06 bits per heavy atom. The van der Waals surface area contributed by atoms with Crippen LogP contribution in [0.2, 0.25) is 10.4 Å². The van der Waals surface area contributed by atoms with Crippen LogP contribution in [0.25, 0.3) is 0 Å². The standard InChI is InChI=1S/C10H8Cl2N4S/c1-17-7-4-2-3-6(5-7)13-9-8(11)15-16-10(12)14-9/h2-5H,1H3,(H,13,14,16). The summed E-state index contributed by atoms with van der Waals surface area (Å²) in [5, 5.41) is 10.5. The fourth-order valence-electron chi connectivity index (χ4n) is 1.21. The molecular weight excluding hydrogens is 279 g/mol. The zero-order valence-electron chi connectivity index (χ0n) is 8.82. The average molecular weight is 287 g/mol. The van der Waals surface area contributed by atoms with Gasteiger partial charge >= 0.3 is 0 Å². The predicted octanol–water partition coefficient (Wildman–Crippen LogP) is 3.64. The molecule has 0 saturated carbocycles. The van der Waals surface area contributed by atoms with Gasteiger partial charge in [0.25, 0.3) is 0 Å². The number of thioether (sulfide) groups is 1. The third kappa shape index (κ3) is 3.21. The molecular formula is C10H8Cl2N4S. The Hall–Kier alpha value is -1.04. The first-order valence-corrected chi connectivity index (χ1v) is 6.64. The summed E-state index contributed by atoms with van der Waals surface area (Å²) in [5.74, 6) is 0.393. The van der Waals surface area contributed by atoms with E-state index >= 15 is 0 Å². The molecule has 2 aromatic rings. The van der Waals surface area contributed by atoms with Gasteiger partial charge in [-0.25, -0.2) is 0 Å². The summed E-state index contributed by atoms with van der Waals surface area (Å²) in [6, 6.07) is 7.85. The topological polar surface area (TPSA) is 50.7 Å². The van der Waals surface area contributed by atoms with E-state index in [-0.39, 0.29) is 10.4 Å². The van der Waals surface area contributed by atoms with E-state index in [2.05, 4.69) is 20.5 Å². The number of benzene rings is 1. The lowest BCUT2D eigenvalue weighted by Crippen LogP contribution is -1.98. The van der Waals surface area contributed by atoms with Crippen LogP contribution in [0.3, 0.4) is 0 Å². The van der Waals surface area contributed by atoms with Gasteiger partial charge in [-0.15, -0.1) is 22.0 Å². The monoisotopic (exact) mass is 286 g/mol. The van der Waals surface area contributed by atoms with Gasteiger partial charge in [0.05, 0.1) is 0 Å². The maximum Gasteiger partial charge on any atom is 0.245 e. The SMILES string of the molecule is CSc1cccc(Nc2nc(Cl)nnc2Cl)c1. The third-order valence-electron chi connectivity index (χ3n) is 1.95. The van der Waals surface area contributed by atoms with Gasteiger partial charge in [0, 0.05) is 10.6 Å². The van der Waals surface area contributed by atoms with Crippen LogP contribution in [0.1, 0.15) is 0 Å². The van der Waals surface area contributed by atoms with Crippen LogP contribution >= 0.6 is 35.0 Å². The molecule has 0 saturated heterocycles. The van der Waals surface area contributed by atoms with Crippen LogP contribution in [0.5, 0.6) is 0 Å². The maximum atomic E-state index is 5.86. The Bertz CT molecular complexity index is 535. The lowest BCUT2D eigenvalue weighted by molar-refractivity contribution is 0.974. The van der Waals surface area contributed by atoms with Gasteiger partial charge in [-0.3, -0.25) is 0 Å². The molecule has 0 aliphatic rings. The number of nitrogens with one attached hydrogen (secondary N) is 1. The van der Waals surface area contributed by atoms with Crippen molar-refractivity contribution in [3.8, 4) is 0 Å². The van der Waals surface area contributed by atoms with E-state index in [4.69, 9.17) is 23.2 Å². The minimum atomic E-state index is 0.0536. The summed E-state index contributed by atoms with van der Waals surface area (Å²) in [5.41, 5.74) is 0.871. The quantitative estimate of drug-likeness (QED) is 0.873. The minimum absolute atomic E-state index is 0.0536. The van der Waals surface area contributed by atoms with Gasteiger partial charge < -0.3 is 5.32 Å². The number of hydrogen-bond acceptors (Lipinski definition) is 5. The van der Waals surface area contributed by atoms with Crippen molar-refractivity contribution in [3.05, 3.63) is 34.7 Å². The molecule has 0 aliphatic heterocycles. The molecule has 1 N–H and O–H groups in total. The Balaban J connectivity index is 2.27. The summed E-state index contributed by atoms with van der Waals surface area (Å²) in [6.45, 7) is 0. The molecule has 0 atom stereocenters. The maximum absolute atomic E-state index is 5.86. The summed E-state index contributed by atoms with van der Waals surface area (Å²) < 4.78 is 0. The van der Waals surface area contributed by atoms with Crippen LogP contribution < -0.4 is 5.32 Å². The molecule has 1 heterocycles. The fourth-order valence-corrected chi connectivity index (χ4v) is 1.92. The fraction of sp³-hybridized carbons (Fsp3) is 0.100. The van der Waals surface area contributed by atoms with Crippen molar-refractivity contribution >= 4 is 46.5 Å². The summed E-state index contributed by atoms with van der Waals surface area (Å²) in [7, 11) is 0. The lowest BCUT2D eigenvalue weighted by Gasteiger charge is -2.07. The van der Waals surface area contributed by atoms with E-state index in [0.717, 1.165) is 10.6 Å². The smallest absolute Gasteiger partial charge is 0.245 e. The van der Waals surface area contributed by atoms with Crippen molar-refractivity contribution in [3.63, 3.8) is 0 Å². The molecule has 4 nitrogen and oxygen atoms in total. The second-order valence-electron chi connectivity index (χ2n) is 3.08. The van der Waals surface area contributed by atoms with E-state index in [1.165, 1.54) is 0 Å². The van der Waals surface area contributed by atoms with Crippen molar-refractivity contribution in [2.75, 3.05) is 11.6 Å². The van der Waals surface area contributed by atoms with E-state index in [9.17, 15) is 0 Å². The van der Waals surface area contributed by atoms with E-state index in [1.807, 2.05) is 30.5 Å². The molecule has 1 aromatic carbocycles. The van der Waals surface area contributed by atoms with Crippen molar-refractivity contribution in [1.29, 1.82) is 0 Å². The van der Waals surface area contributed by atoms with Crippen LogP contribution in [-0.2, 0) is 0 Å². The first-order chi connectivity index (χ1) is 8.19. The van der Waals surface area contributed by atoms with Crippen LogP contribution in [0.4, 0.5) is 11.5 Å². The van der Waals surface area contributed by atoms with Gasteiger partial charge in [0.2, 0.25) is 5.28 Å². The van der Waals surface area contributed by atoms with E-state index in [1.54, 1.807) is 11.8 Å². The highest BCUT2D eigenvalue weighted by molar-refractivity contribution is 7.98. The molecule has 88 valence electrons. The Morgan fingerprint density at radius 1 is 1.24 bits per heavy atom. The number of anilines is 2. The zero-order valence-corrected chi connectivity index (χ0v) is 11.1. The van der Waals surface area contributed by atoms with Gasteiger partial charge in [-0.2, -0.15) is 4.98 Å². The first kappa shape index (κ1) is 12.4. The molecule has 0 radical (unpaired) electrons. The van der Waals surface area contributed by atoms with Crippen molar-refractivity contribution in [1.82, 2.24) is 15.2 Å². The molecule has 7 heteroatoms. The molecule has 2 rings (SSSR count). The molecule has 0 spiro atoms. The Morgan fingerprint density at radius 3 is 2.82 bits per heavy atom. The molecule has 1 aromatic heterocycles. The minimum Gasteiger partial charge on any atom is -0.337 e. The van der Waals surface area contributed by atoms with E-state index < -0.39 is 0 Å². The second-order valence-corrected chi connectivity index (χ2v) is 4.65. The molecule has 0 fully saturated rings. The van der Waals surface area contributed by atoms with Crippen LogP contribution in [0.15, 0.2) is 29.2 Å². The second kappa shape index (κ2) is 5.53.